The minimum absolute atomic E-state index is 0.0444. The number of thioether (sulfide) groups is 1. The fraction of sp³-hybridized carbons (Fsp3) is 0.286. The number of rotatable bonds is 3. The summed E-state index contributed by atoms with van der Waals surface area (Å²) in [4.78, 5) is 14.6. The van der Waals surface area contributed by atoms with Gasteiger partial charge < -0.3 is 4.74 Å². The molecule has 1 fully saturated rings. The number of hydrogen-bond donors (Lipinski definition) is 0. The highest BCUT2D eigenvalue weighted by molar-refractivity contribution is 9.10. The van der Waals surface area contributed by atoms with Crippen LogP contribution in [-0.2, 0) is 4.79 Å². The van der Waals surface area contributed by atoms with Crippen molar-refractivity contribution < 1.29 is 9.53 Å². The second kappa shape index (κ2) is 6.28. The molecule has 0 N–H and O–H groups in total. The molecule has 0 bridgehead atoms. The summed E-state index contributed by atoms with van der Waals surface area (Å²) in [6.45, 7) is 3.90. The molecule has 1 amide bonds. The molecule has 0 aromatic heterocycles. The molecule has 1 aliphatic rings. The van der Waals surface area contributed by atoms with Crippen molar-refractivity contribution in [3.05, 3.63) is 33.1 Å². The average molecular weight is 372 g/mol. The van der Waals surface area contributed by atoms with E-state index in [0.29, 0.717) is 9.23 Å². The van der Waals surface area contributed by atoms with Gasteiger partial charge in [0.15, 0.2) is 0 Å². The normalized spacial score (nSPS) is 17.4. The zero-order valence-corrected chi connectivity index (χ0v) is 14.6. The van der Waals surface area contributed by atoms with Crippen molar-refractivity contribution in [2.75, 3.05) is 7.11 Å². The van der Waals surface area contributed by atoms with Gasteiger partial charge in [0.1, 0.15) is 10.1 Å². The molecule has 2 rings (SSSR count). The monoisotopic (exact) mass is 371 g/mol. The molecular weight excluding hydrogens is 358 g/mol. The Bertz CT molecular complexity index is 599. The molecule has 1 aromatic carbocycles. The molecule has 106 valence electrons. The smallest absolute Gasteiger partial charge is 0.266 e. The topological polar surface area (TPSA) is 29.5 Å². The van der Waals surface area contributed by atoms with Crippen LogP contribution in [0.5, 0.6) is 5.75 Å². The van der Waals surface area contributed by atoms with Gasteiger partial charge in [-0.05, 0) is 38.1 Å². The number of halogens is 1. The van der Waals surface area contributed by atoms with E-state index < -0.39 is 0 Å². The van der Waals surface area contributed by atoms with Crippen LogP contribution >= 0.6 is 39.9 Å². The van der Waals surface area contributed by atoms with E-state index in [2.05, 4.69) is 15.9 Å². The van der Waals surface area contributed by atoms with Gasteiger partial charge in [0.25, 0.3) is 5.91 Å². The zero-order chi connectivity index (χ0) is 14.9. The first-order chi connectivity index (χ1) is 9.43. The highest BCUT2D eigenvalue weighted by Crippen LogP contribution is 2.35. The summed E-state index contributed by atoms with van der Waals surface area (Å²) in [5.74, 6) is 0.681. The third-order valence-electron chi connectivity index (χ3n) is 2.82. The predicted molar refractivity (Wildman–Crippen MR) is 90.8 cm³/mol. The quantitative estimate of drug-likeness (QED) is 0.591. The van der Waals surface area contributed by atoms with Gasteiger partial charge in [0, 0.05) is 16.1 Å². The number of carbonyl (C=O) groups excluding carboxylic acids is 1. The summed E-state index contributed by atoms with van der Waals surface area (Å²) in [7, 11) is 1.61. The molecule has 1 aromatic rings. The molecule has 1 saturated heterocycles. The summed E-state index contributed by atoms with van der Waals surface area (Å²) in [5.41, 5.74) is 0.853. The number of carbonyl (C=O) groups is 1. The molecule has 3 nitrogen and oxygen atoms in total. The molecule has 0 unspecified atom stereocenters. The van der Waals surface area contributed by atoms with Gasteiger partial charge in [-0.1, -0.05) is 39.9 Å². The van der Waals surface area contributed by atoms with Crippen molar-refractivity contribution >= 4 is 56.2 Å². The van der Waals surface area contributed by atoms with E-state index in [0.717, 1.165) is 15.8 Å². The molecule has 6 heteroatoms. The molecule has 0 atom stereocenters. The Morgan fingerprint density at radius 1 is 1.45 bits per heavy atom. The maximum Gasteiger partial charge on any atom is 0.266 e. The molecule has 0 spiro atoms. The Morgan fingerprint density at radius 3 is 2.70 bits per heavy atom. The number of thiocarbonyl (C=S) groups is 1. The Hall–Kier alpha value is -0.850. The van der Waals surface area contributed by atoms with Crippen molar-refractivity contribution in [2.45, 2.75) is 19.9 Å². The fourth-order valence-electron chi connectivity index (χ4n) is 1.88. The van der Waals surface area contributed by atoms with E-state index in [1.165, 1.54) is 11.8 Å². The highest BCUT2D eigenvalue weighted by Gasteiger charge is 2.33. The second-order valence-electron chi connectivity index (χ2n) is 4.53. The second-order valence-corrected chi connectivity index (χ2v) is 7.12. The predicted octanol–water partition coefficient (Wildman–Crippen LogP) is 4.07. The van der Waals surface area contributed by atoms with Gasteiger partial charge in [-0.15, -0.1) is 0 Å². The number of hydrogen-bond acceptors (Lipinski definition) is 4. The molecule has 0 aliphatic carbocycles. The number of amides is 1. The number of ether oxygens (including phenoxy) is 1. The highest BCUT2D eigenvalue weighted by atomic mass is 79.9. The van der Waals surface area contributed by atoms with E-state index in [4.69, 9.17) is 17.0 Å². The largest absolute Gasteiger partial charge is 0.496 e. The first-order valence-corrected chi connectivity index (χ1v) is 8.06. The molecule has 20 heavy (non-hydrogen) atoms. The van der Waals surface area contributed by atoms with Crippen LogP contribution in [0.15, 0.2) is 27.6 Å². The van der Waals surface area contributed by atoms with Crippen LogP contribution in [0.3, 0.4) is 0 Å². The molecule has 1 heterocycles. The van der Waals surface area contributed by atoms with E-state index in [1.54, 1.807) is 12.0 Å². The third-order valence-corrected chi connectivity index (χ3v) is 4.64. The standard InChI is InChI=1S/C14H14BrNO2S2/c1-8(2)16-13(17)12(20-14(16)19)7-9-6-10(15)4-5-11(9)18-3/h4-8H,1-3H3. The minimum Gasteiger partial charge on any atom is -0.496 e. The maximum absolute atomic E-state index is 12.3. The lowest BCUT2D eigenvalue weighted by Crippen LogP contribution is -2.34. The zero-order valence-electron chi connectivity index (χ0n) is 11.3. The van der Waals surface area contributed by atoms with E-state index in [-0.39, 0.29) is 11.9 Å². The van der Waals surface area contributed by atoms with Crippen molar-refractivity contribution in [1.82, 2.24) is 4.90 Å². The van der Waals surface area contributed by atoms with Crippen molar-refractivity contribution in [3.63, 3.8) is 0 Å². The van der Waals surface area contributed by atoms with Crippen LogP contribution in [0, 0.1) is 0 Å². The number of methoxy groups -OCH3 is 1. The Balaban J connectivity index is 2.40. The SMILES string of the molecule is COc1ccc(Br)cc1C=C1SC(=S)N(C(C)C)C1=O. The fourth-order valence-corrected chi connectivity index (χ4v) is 3.78. The maximum atomic E-state index is 12.3. The van der Waals surface area contributed by atoms with Crippen molar-refractivity contribution in [1.29, 1.82) is 0 Å². The average Bonchev–Trinajstić information content (AvgIpc) is 2.64. The summed E-state index contributed by atoms with van der Waals surface area (Å²) >= 11 is 10.0. The summed E-state index contributed by atoms with van der Waals surface area (Å²) in [6.07, 6.45) is 1.82. The first-order valence-electron chi connectivity index (χ1n) is 6.04. The number of nitrogens with zero attached hydrogens (tertiary/aromatic N) is 1. The number of benzene rings is 1. The molecule has 1 aliphatic heterocycles. The van der Waals surface area contributed by atoms with Crippen LogP contribution in [-0.4, -0.2) is 28.3 Å². The molecule has 0 radical (unpaired) electrons. The van der Waals surface area contributed by atoms with E-state index >= 15 is 0 Å². The van der Waals surface area contributed by atoms with Crippen LogP contribution < -0.4 is 4.74 Å². The van der Waals surface area contributed by atoms with E-state index in [1.807, 2.05) is 38.1 Å². The van der Waals surface area contributed by atoms with Crippen LogP contribution in [0.1, 0.15) is 19.4 Å². The van der Waals surface area contributed by atoms with Gasteiger partial charge in [0.2, 0.25) is 0 Å². The first kappa shape index (κ1) is 15.5. The van der Waals surface area contributed by atoms with Crippen molar-refractivity contribution in [3.8, 4) is 5.75 Å². The van der Waals surface area contributed by atoms with Crippen molar-refractivity contribution in [2.24, 2.45) is 0 Å². The summed E-state index contributed by atoms with van der Waals surface area (Å²) in [6, 6.07) is 5.74. The van der Waals surface area contributed by atoms with Crippen LogP contribution in [0.4, 0.5) is 0 Å². The van der Waals surface area contributed by atoms with E-state index in [9.17, 15) is 4.79 Å². The van der Waals surface area contributed by atoms with Gasteiger partial charge in [0.05, 0.1) is 12.0 Å². The van der Waals surface area contributed by atoms with Gasteiger partial charge in [-0.2, -0.15) is 0 Å². The summed E-state index contributed by atoms with van der Waals surface area (Å²) in [5, 5.41) is 0. The van der Waals surface area contributed by atoms with Crippen LogP contribution in [0.2, 0.25) is 0 Å². The van der Waals surface area contributed by atoms with Gasteiger partial charge in [-0.3, -0.25) is 9.69 Å². The molecular formula is C14H14BrNO2S2. The Morgan fingerprint density at radius 2 is 2.15 bits per heavy atom. The molecule has 0 saturated carbocycles. The van der Waals surface area contributed by atoms with Gasteiger partial charge in [-0.25, -0.2) is 0 Å². The third kappa shape index (κ3) is 3.07. The van der Waals surface area contributed by atoms with Crippen LogP contribution in [0.25, 0.3) is 6.08 Å². The lowest BCUT2D eigenvalue weighted by atomic mass is 10.2. The van der Waals surface area contributed by atoms with Gasteiger partial charge >= 0.3 is 0 Å². The summed E-state index contributed by atoms with van der Waals surface area (Å²) < 4.78 is 6.85. The Labute approximate surface area is 136 Å². The minimum atomic E-state index is -0.0444. The lowest BCUT2D eigenvalue weighted by Gasteiger charge is -2.18. The Kier molecular flexibility index (Phi) is 4.88. The lowest BCUT2D eigenvalue weighted by molar-refractivity contribution is -0.123.